The molecule has 0 aromatic heterocycles. The lowest BCUT2D eigenvalue weighted by Crippen LogP contribution is -2.31. The number of carbonyl (C=O) groups excluding carboxylic acids is 2. The number of amides is 2. The standard InChI is InChI=1S/C28H32N2O3/c1-6-21-11-9-12-22(7-2)26(21)30-27(31)20(5)33-24-16-14-23(15-17-24)28(32)29-25-13-8-10-18(3)19(25)4/h8-17,20H,6-7H2,1-5H3,(H,29,32)(H,30,31). The maximum atomic E-state index is 12.8. The predicted octanol–water partition coefficient (Wildman–Crippen LogP) is 6.09. The van der Waals surface area contributed by atoms with Gasteiger partial charge in [0.25, 0.3) is 11.8 Å². The quantitative estimate of drug-likeness (QED) is 0.442. The Balaban J connectivity index is 1.64. The van der Waals surface area contributed by atoms with Gasteiger partial charge in [0.05, 0.1) is 0 Å². The Morgan fingerprint density at radius 2 is 1.45 bits per heavy atom. The lowest BCUT2D eigenvalue weighted by molar-refractivity contribution is -0.122. The van der Waals surface area contributed by atoms with E-state index in [1.807, 2.05) is 50.2 Å². The summed E-state index contributed by atoms with van der Waals surface area (Å²) >= 11 is 0. The molecule has 2 amide bonds. The fourth-order valence-electron chi connectivity index (χ4n) is 3.65. The minimum atomic E-state index is -0.686. The predicted molar refractivity (Wildman–Crippen MR) is 134 cm³/mol. The van der Waals surface area contributed by atoms with Gasteiger partial charge in [-0.25, -0.2) is 0 Å². The van der Waals surface area contributed by atoms with E-state index < -0.39 is 6.10 Å². The highest BCUT2D eigenvalue weighted by molar-refractivity contribution is 6.04. The van der Waals surface area contributed by atoms with E-state index >= 15 is 0 Å². The zero-order chi connectivity index (χ0) is 24.0. The first-order chi connectivity index (χ1) is 15.8. The number of ether oxygens (including phenoxy) is 1. The third-order valence-corrected chi connectivity index (χ3v) is 5.90. The van der Waals surface area contributed by atoms with Crippen molar-refractivity contribution in [1.29, 1.82) is 0 Å². The van der Waals surface area contributed by atoms with Gasteiger partial charge in [0, 0.05) is 16.9 Å². The van der Waals surface area contributed by atoms with Crippen LogP contribution in [0.15, 0.2) is 60.7 Å². The van der Waals surface area contributed by atoms with Crippen LogP contribution in [0.4, 0.5) is 11.4 Å². The summed E-state index contributed by atoms with van der Waals surface area (Å²) in [6, 6.07) is 18.7. The van der Waals surface area contributed by atoms with Gasteiger partial charge < -0.3 is 15.4 Å². The topological polar surface area (TPSA) is 67.4 Å². The maximum absolute atomic E-state index is 12.8. The van der Waals surface area contributed by atoms with E-state index in [0.29, 0.717) is 11.3 Å². The van der Waals surface area contributed by atoms with Crippen LogP contribution in [0.3, 0.4) is 0 Å². The maximum Gasteiger partial charge on any atom is 0.265 e. The molecule has 2 N–H and O–H groups in total. The van der Waals surface area contributed by atoms with Gasteiger partial charge in [0.15, 0.2) is 6.10 Å². The molecule has 0 fully saturated rings. The second kappa shape index (κ2) is 10.8. The molecule has 1 unspecified atom stereocenters. The number of rotatable bonds is 8. The summed E-state index contributed by atoms with van der Waals surface area (Å²) in [6.07, 6.45) is 0.989. The van der Waals surface area contributed by atoms with Crippen LogP contribution in [0.5, 0.6) is 5.75 Å². The summed E-state index contributed by atoms with van der Waals surface area (Å²) < 4.78 is 5.84. The number of hydrogen-bond donors (Lipinski definition) is 2. The number of benzene rings is 3. The molecule has 0 saturated heterocycles. The molecule has 0 aliphatic carbocycles. The molecular formula is C28H32N2O3. The number of anilines is 2. The normalized spacial score (nSPS) is 11.5. The molecule has 0 aliphatic rings. The van der Waals surface area contributed by atoms with E-state index in [1.54, 1.807) is 31.2 Å². The SMILES string of the molecule is CCc1cccc(CC)c1NC(=O)C(C)Oc1ccc(C(=O)Nc2cccc(C)c2C)cc1. The summed E-state index contributed by atoms with van der Waals surface area (Å²) in [4.78, 5) is 25.4. The summed E-state index contributed by atoms with van der Waals surface area (Å²) in [5.74, 6) is 0.132. The van der Waals surface area contributed by atoms with Gasteiger partial charge in [0.2, 0.25) is 0 Å². The van der Waals surface area contributed by atoms with Gasteiger partial charge in [-0.3, -0.25) is 9.59 Å². The van der Waals surface area contributed by atoms with Crippen molar-refractivity contribution < 1.29 is 14.3 Å². The molecule has 0 spiro atoms. The van der Waals surface area contributed by atoms with Crippen molar-refractivity contribution in [3.63, 3.8) is 0 Å². The number of para-hydroxylation sites is 1. The third kappa shape index (κ3) is 5.80. The molecule has 3 rings (SSSR count). The largest absolute Gasteiger partial charge is 0.481 e. The van der Waals surface area contributed by atoms with E-state index in [2.05, 4.69) is 24.5 Å². The zero-order valence-corrected chi connectivity index (χ0v) is 20.0. The highest BCUT2D eigenvalue weighted by atomic mass is 16.5. The van der Waals surface area contributed by atoms with Gasteiger partial charge in [-0.05, 0) is 86.2 Å². The van der Waals surface area contributed by atoms with Crippen molar-refractivity contribution >= 4 is 23.2 Å². The van der Waals surface area contributed by atoms with Crippen molar-refractivity contribution in [3.8, 4) is 5.75 Å². The Morgan fingerprint density at radius 3 is 2.06 bits per heavy atom. The third-order valence-electron chi connectivity index (χ3n) is 5.90. The highest BCUT2D eigenvalue weighted by Gasteiger charge is 2.18. The van der Waals surface area contributed by atoms with Crippen LogP contribution in [0.25, 0.3) is 0 Å². The van der Waals surface area contributed by atoms with Crippen LogP contribution < -0.4 is 15.4 Å². The van der Waals surface area contributed by atoms with Crippen molar-refractivity contribution in [2.45, 2.75) is 53.6 Å². The first kappa shape index (κ1) is 24.1. The van der Waals surface area contributed by atoms with Gasteiger partial charge in [-0.2, -0.15) is 0 Å². The first-order valence-corrected chi connectivity index (χ1v) is 11.4. The molecule has 0 bridgehead atoms. The van der Waals surface area contributed by atoms with E-state index in [9.17, 15) is 9.59 Å². The summed E-state index contributed by atoms with van der Waals surface area (Å²) in [5, 5.41) is 5.99. The number of carbonyl (C=O) groups is 2. The fraction of sp³-hybridized carbons (Fsp3) is 0.286. The first-order valence-electron chi connectivity index (χ1n) is 11.4. The minimum Gasteiger partial charge on any atom is -0.481 e. The van der Waals surface area contributed by atoms with Gasteiger partial charge in [-0.1, -0.05) is 44.2 Å². The van der Waals surface area contributed by atoms with E-state index in [4.69, 9.17) is 4.74 Å². The molecule has 3 aromatic carbocycles. The molecule has 0 aliphatic heterocycles. The van der Waals surface area contributed by atoms with Crippen LogP contribution in [0.2, 0.25) is 0 Å². The fourth-order valence-corrected chi connectivity index (χ4v) is 3.65. The molecular weight excluding hydrogens is 412 g/mol. The van der Waals surface area contributed by atoms with Crippen LogP contribution in [-0.4, -0.2) is 17.9 Å². The molecule has 0 radical (unpaired) electrons. The molecule has 5 nitrogen and oxygen atoms in total. The summed E-state index contributed by atoms with van der Waals surface area (Å²) in [5.41, 5.74) is 6.57. The van der Waals surface area contributed by atoms with Crippen LogP contribution in [-0.2, 0) is 17.6 Å². The van der Waals surface area contributed by atoms with Crippen molar-refractivity contribution in [3.05, 3.63) is 88.5 Å². The average Bonchev–Trinajstić information content (AvgIpc) is 2.82. The van der Waals surface area contributed by atoms with E-state index in [0.717, 1.165) is 46.5 Å². The Kier molecular flexibility index (Phi) is 7.88. The summed E-state index contributed by atoms with van der Waals surface area (Å²) in [6.45, 7) is 9.86. The molecule has 0 saturated carbocycles. The Hall–Kier alpha value is -3.60. The lowest BCUT2D eigenvalue weighted by Gasteiger charge is -2.18. The highest BCUT2D eigenvalue weighted by Crippen LogP contribution is 2.24. The van der Waals surface area contributed by atoms with Crippen LogP contribution in [0.1, 0.15) is 53.4 Å². The minimum absolute atomic E-state index is 0.190. The molecule has 33 heavy (non-hydrogen) atoms. The lowest BCUT2D eigenvalue weighted by atomic mass is 10.0. The van der Waals surface area contributed by atoms with Gasteiger partial charge in [-0.15, -0.1) is 0 Å². The van der Waals surface area contributed by atoms with Crippen LogP contribution in [0, 0.1) is 13.8 Å². The second-order valence-electron chi connectivity index (χ2n) is 8.13. The van der Waals surface area contributed by atoms with Crippen molar-refractivity contribution in [2.75, 3.05) is 10.6 Å². The van der Waals surface area contributed by atoms with Gasteiger partial charge >= 0.3 is 0 Å². The van der Waals surface area contributed by atoms with E-state index in [-0.39, 0.29) is 11.8 Å². The Bertz CT molecular complexity index is 1110. The Labute approximate surface area is 196 Å². The zero-order valence-electron chi connectivity index (χ0n) is 20.0. The van der Waals surface area contributed by atoms with E-state index in [1.165, 1.54) is 0 Å². The smallest absolute Gasteiger partial charge is 0.265 e. The summed E-state index contributed by atoms with van der Waals surface area (Å²) in [7, 11) is 0. The number of aryl methyl sites for hydroxylation is 3. The molecule has 1 atom stereocenters. The Morgan fingerprint density at radius 1 is 0.848 bits per heavy atom. The monoisotopic (exact) mass is 444 g/mol. The molecule has 172 valence electrons. The van der Waals surface area contributed by atoms with Crippen molar-refractivity contribution in [2.24, 2.45) is 0 Å². The number of hydrogen-bond acceptors (Lipinski definition) is 3. The average molecular weight is 445 g/mol. The molecule has 5 heteroatoms. The molecule has 0 heterocycles. The number of nitrogens with one attached hydrogen (secondary N) is 2. The van der Waals surface area contributed by atoms with Gasteiger partial charge in [0.1, 0.15) is 5.75 Å². The molecule has 3 aromatic rings. The second-order valence-corrected chi connectivity index (χ2v) is 8.13. The van der Waals surface area contributed by atoms with Crippen LogP contribution >= 0.6 is 0 Å². The van der Waals surface area contributed by atoms with Crippen molar-refractivity contribution in [1.82, 2.24) is 0 Å².